The van der Waals surface area contributed by atoms with Crippen molar-refractivity contribution in [2.45, 2.75) is 75.8 Å². The van der Waals surface area contributed by atoms with Gasteiger partial charge < -0.3 is 15.0 Å². The van der Waals surface area contributed by atoms with Gasteiger partial charge in [0.1, 0.15) is 18.2 Å². The van der Waals surface area contributed by atoms with Crippen LogP contribution in [0.5, 0.6) is 5.88 Å². The molecule has 1 amide bonds. The molecule has 2 aromatic carbocycles. The van der Waals surface area contributed by atoms with Crippen LogP contribution >= 0.6 is 11.6 Å². The van der Waals surface area contributed by atoms with Crippen LogP contribution in [-0.2, 0) is 17.6 Å². The number of nitriles is 1. The molecule has 4 heterocycles. The molecule has 3 aromatic rings. The lowest BCUT2D eigenvalue weighted by atomic mass is 9.85. The molecule has 9 heteroatoms. The van der Waals surface area contributed by atoms with Crippen LogP contribution in [0.25, 0.3) is 22.0 Å². The van der Waals surface area contributed by atoms with Crippen LogP contribution in [0.4, 0.5) is 10.1 Å². The van der Waals surface area contributed by atoms with Crippen LogP contribution in [0.2, 0.25) is 5.02 Å². The van der Waals surface area contributed by atoms with Crippen molar-refractivity contribution in [2.24, 2.45) is 0 Å². The first-order valence-electron chi connectivity index (χ1n) is 16.3. The smallest absolute Gasteiger partial charge is 0.282 e. The molecule has 7 rings (SSSR count). The third-order valence-electron chi connectivity index (χ3n) is 10.5. The summed E-state index contributed by atoms with van der Waals surface area (Å²) < 4.78 is 20.3. The van der Waals surface area contributed by atoms with E-state index < -0.39 is 11.7 Å². The van der Waals surface area contributed by atoms with E-state index >= 15 is 0 Å². The Morgan fingerprint density at radius 1 is 1.13 bits per heavy atom. The molecule has 1 aliphatic carbocycles. The van der Waals surface area contributed by atoms with E-state index in [-0.39, 0.29) is 11.6 Å². The maximum Gasteiger partial charge on any atom is 0.282 e. The van der Waals surface area contributed by atoms with Crippen LogP contribution in [0.3, 0.4) is 0 Å². The van der Waals surface area contributed by atoms with Crippen LogP contribution in [0, 0.1) is 11.3 Å². The number of amides is 1. The van der Waals surface area contributed by atoms with Crippen LogP contribution in [0.15, 0.2) is 42.7 Å². The zero-order valence-corrected chi connectivity index (χ0v) is 26.4. The number of pyridine rings is 1. The summed E-state index contributed by atoms with van der Waals surface area (Å²) in [6.07, 6.45) is 10.4. The van der Waals surface area contributed by atoms with Crippen LogP contribution in [0.1, 0.15) is 68.1 Å². The Hall–Kier alpha value is -3.67. The Morgan fingerprint density at radius 3 is 2.71 bits per heavy atom. The number of likely N-dealkylation sites (tertiary alicyclic amines) is 1. The number of aromatic nitrogens is 1. The predicted molar refractivity (Wildman–Crippen MR) is 175 cm³/mol. The number of hydrogen-bond acceptors (Lipinski definition) is 6. The topological polar surface area (TPSA) is 81.5 Å². The zero-order valence-electron chi connectivity index (χ0n) is 25.6. The fraction of sp³-hybridized carbons (Fsp3) is 0.472. The van der Waals surface area contributed by atoms with Gasteiger partial charge in [0.05, 0.1) is 16.7 Å². The molecule has 3 aliphatic heterocycles. The second kappa shape index (κ2) is 12.3. The van der Waals surface area contributed by atoms with Gasteiger partial charge in [-0.3, -0.25) is 9.69 Å². The standard InChI is InChI=1S/C36H39ClFN5O2/c1-23(38)35(44)43-17-5-10-25(43)21-40-33-29-18-31(37)28(27-12-4-9-24-8-2-3-11-26(24)27)19-32(29)41-34(30(33)20-39)45-22-36-13-6-15-42(36)16-7-14-36/h4,9,12,18-19,25H,1-3,5-8,10-11,13-17,21-22H2,(H,40,41)/t25-/m0/s1. The van der Waals surface area contributed by atoms with Crippen LogP contribution < -0.4 is 10.1 Å². The molecular weight excluding hydrogens is 589 g/mol. The Morgan fingerprint density at radius 2 is 1.93 bits per heavy atom. The lowest BCUT2D eigenvalue weighted by Gasteiger charge is -2.31. The van der Waals surface area contributed by atoms with E-state index in [0.717, 1.165) is 82.0 Å². The molecule has 4 aliphatic rings. The van der Waals surface area contributed by atoms with Crippen molar-refractivity contribution >= 4 is 34.1 Å². The lowest BCUT2D eigenvalue weighted by molar-refractivity contribution is -0.129. The van der Waals surface area contributed by atoms with Crippen molar-refractivity contribution in [3.8, 4) is 23.1 Å². The van der Waals surface area contributed by atoms with Crippen molar-refractivity contribution < 1.29 is 13.9 Å². The summed E-state index contributed by atoms with van der Waals surface area (Å²) in [7, 11) is 0. The van der Waals surface area contributed by atoms with Crippen molar-refractivity contribution in [1.29, 1.82) is 5.26 Å². The van der Waals surface area contributed by atoms with Crippen molar-refractivity contribution in [3.63, 3.8) is 0 Å². The minimum absolute atomic E-state index is 0.00924. The van der Waals surface area contributed by atoms with Gasteiger partial charge in [0.25, 0.3) is 5.91 Å². The van der Waals surface area contributed by atoms with Crippen molar-refractivity contribution in [2.75, 3.05) is 38.1 Å². The molecule has 3 saturated heterocycles. The molecule has 3 fully saturated rings. The monoisotopic (exact) mass is 627 g/mol. The Balaban J connectivity index is 1.30. The highest BCUT2D eigenvalue weighted by atomic mass is 35.5. The number of anilines is 1. The Bertz CT molecular complexity index is 1710. The summed E-state index contributed by atoms with van der Waals surface area (Å²) in [4.78, 5) is 21.5. The number of hydrogen-bond donors (Lipinski definition) is 1. The fourth-order valence-electron chi connectivity index (χ4n) is 8.25. The summed E-state index contributed by atoms with van der Waals surface area (Å²) >= 11 is 7.04. The van der Waals surface area contributed by atoms with Crippen LogP contribution in [-0.4, -0.2) is 65.1 Å². The molecule has 0 bridgehead atoms. The molecular formula is C36H39ClFN5O2. The van der Waals surface area contributed by atoms with Gasteiger partial charge in [-0.1, -0.05) is 36.4 Å². The molecule has 1 aromatic heterocycles. The summed E-state index contributed by atoms with van der Waals surface area (Å²) in [5.41, 5.74) is 6.32. The molecule has 1 atom stereocenters. The SMILES string of the molecule is C=C(F)C(=O)N1CCC[C@H]1CNc1c(C#N)c(OCC23CCCN2CCC3)nc2cc(-c3cccc4c3CCCC4)c(Cl)cc12. The normalized spacial score (nSPS) is 20.6. The minimum Gasteiger partial charge on any atom is -0.475 e. The van der Waals surface area contributed by atoms with Gasteiger partial charge in [-0.25, -0.2) is 9.37 Å². The summed E-state index contributed by atoms with van der Waals surface area (Å²) in [5, 5.41) is 15.3. The number of fused-ring (bicyclic) bond motifs is 3. The lowest BCUT2D eigenvalue weighted by Crippen LogP contribution is -2.43. The molecule has 234 valence electrons. The summed E-state index contributed by atoms with van der Waals surface area (Å²) in [5.74, 6) is -1.33. The minimum atomic E-state index is -0.959. The van der Waals surface area contributed by atoms with E-state index in [1.165, 1.54) is 22.4 Å². The van der Waals surface area contributed by atoms with Gasteiger partial charge in [-0.05, 0) is 106 Å². The first-order valence-corrected chi connectivity index (χ1v) is 16.7. The molecule has 45 heavy (non-hydrogen) atoms. The number of nitrogens with one attached hydrogen (secondary N) is 1. The third kappa shape index (κ3) is 5.44. The molecule has 0 radical (unpaired) electrons. The Kier molecular flexibility index (Phi) is 8.18. The number of carbonyl (C=O) groups is 1. The zero-order chi connectivity index (χ0) is 31.1. The first-order chi connectivity index (χ1) is 21.9. The largest absolute Gasteiger partial charge is 0.475 e. The third-order valence-corrected chi connectivity index (χ3v) is 10.8. The summed E-state index contributed by atoms with van der Waals surface area (Å²) in [6.45, 7) is 6.67. The number of ether oxygens (including phenoxy) is 1. The second-order valence-electron chi connectivity index (χ2n) is 13.1. The van der Waals surface area contributed by atoms with Gasteiger partial charge >= 0.3 is 0 Å². The number of aryl methyl sites for hydroxylation is 1. The summed E-state index contributed by atoms with van der Waals surface area (Å²) in [6, 6.07) is 12.5. The van der Waals surface area contributed by atoms with Crippen molar-refractivity contribution in [1.82, 2.24) is 14.8 Å². The predicted octanol–water partition coefficient (Wildman–Crippen LogP) is 7.20. The highest BCUT2D eigenvalue weighted by molar-refractivity contribution is 6.34. The van der Waals surface area contributed by atoms with Gasteiger partial charge in [0, 0.05) is 35.1 Å². The van der Waals surface area contributed by atoms with Gasteiger partial charge in [0.2, 0.25) is 5.88 Å². The van der Waals surface area contributed by atoms with E-state index in [4.69, 9.17) is 21.3 Å². The molecule has 0 saturated carbocycles. The van der Waals surface area contributed by atoms with E-state index in [9.17, 15) is 14.4 Å². The van der Waals surface area contributed by atoms with E-state index in [1.807, 2.05) is 12.1 Å². The van der Waals surface area contributed by atoms with Gasteiger partial charge in [-0.2, -0.15) is 5.26 Å². The first kappa shape index (κ1) is 30.0. The molecule has 1 N–H and O–H groups in total. The average molecular weight is 628 g/mol. The molecule has 0 unspecified atom stereocenters. The molecule has 0 spiro atoms. The van der Waals surface area contributed by atoms with E-state index in [2.05, 4.69) is 41.1 Å². The average Bonchev–Trinajstić information content (AvgIpc) is 3.78. The van der Waals surface area contributed by atoms with Crippen molar-refractivity contribution in [3.05, 3.63) is 64.5 Å². The van der Waals surface area contributed by atoms with Gasteiger partial charge in [0.15, 0.2) is 5.83 Å². The molecule has 7 nitrogen and oxygen atoms in total. The maximum atomic E-state index is 13.8. The van der Waals surface area contributed by atoms with E-state index in [1.54, 1.807) is 0 Å². The maximum absolute atomic E-state index is 13.8. The van der Waals surface area contributed by atoms with E-state index in [0.29, 0.717) is 52.8 Å². The fourth-order valence-corrected chi connectivity index (χ4v) is 8.51. The number of halogens is 2. The highest BCUT2D eigenvalue weighted by Gasteiger charge is 2.45. The number of nitrogens with zero attached hydrogens (tertiary/aromatic N) is 4. The number of rotatable bonds is 8. The van der Waals surface area contributed by atoms with Gasteiger partial charge in [-0.15, -0.1) is 0 Å². The number of benzene rings is 2. The quantitative estimate of drug-likeness (QED) is 0.266. The highest BCUT2D eigenvalue weighted by Crippen LogP contribution is 2.43. The second-order valence-corrected chi connectivity index (χ2v) is 13.5. The number of carbonyl (C=O) groups excluding carboxylic acids is 1. The Labute approximate surface area is 269 Å².